The molecule has 29 heavy (non-hydrogen) atoms. The van der Waals surface area contributed by atoms with Crippen LogP contribution in [0.4, 0.5) is 5.69 Å². The van der Waals surface area contributed by atoms with Gasteiger partial charge in [-0.05, 0) is 63.6 Å². The van der Waals surface area contributed by atoms with Gasteiger partial charge in [0.2, 0.25) is 0 Å². The van der Waals surface area contributed by atoms with Gasteiger partial charge in [-0.1, -0.05) is 11.6 Å². The maximum Gasteiger partial charge on any atom is 0.255 e. The number of aliphatic hydroxyl groups is 2. The fourth-order valence-electron chi connectivity index (χ4n) is 4.31. The first-order chi connectivity index (χ1) is 13.8. The first-order valence-corrected chi connectivity index (χ1v) is 10.7. The molecule has 3 rings (SSSR count). The average molecular weight is 426 g/mol. The molecule has 2 aliphatic rings. The molecule has 1 aliphatic carbocycles. The minimum absolute atomic E-state index is 0.221. The van der Waals surface area contributed by atoms with E-state index in [1.165, 1.54) is 13.2 Å². The van der Waals surface area contributed by atoms with Gasteiger partial charge < -0.3 is 30.9 Å². The van der Waals surface area contributed by atoms with Crippen molar-refractivity contribution in [3.8, 4) is 5.75 Å². The number of halogens is 1. The Morgan fingerprint density at radius 2 is 1.97 bits per heavy atom. The van der Waals surface area contributed by atoms with Crippen molar-refractivity contribution in [2.24, 2.45) is 5.92 Å². The van der Waals surface area contributed by atoms with E-state index >= 15 is 0 Å². The number of carbonyl (C=O) groups excluding carboxylic acids is 1. The number of hydrogen-bond donors (Lipinski definition) is 4. The summed E-state index contributed by atoms with van der Waals surface area (Å²) in [6.07, 6.45) is 4.36. The van der Waals surface area contributed by atoms with Gasteiger partial charge in [-0.3, -0.25) is 4.79 Å². The van der Waals surface area contributed by atoms with E-state index < -0.39 is 5.60 Å². The van der Waals surface area contributed by atoms with Crippen LogP contribution in [0.3, 0.4) is 0 Å². The van der Waals surface area contributed by atoms with Gasteiger partial charge in [0.05, 0.1) is 35.1 Å². The van der Waals surface area contributed by atoms with Crippen molar-refractivity contribution < 1.29 is 19.7 Å². The van der Waals surface area contributed by atoms with E-state index in [9.17, 15) is 15.0 Å². The molecule has 1 heterocycles. The van der Waals surface area contributed by atoms with Crippen LogP contribution in [0.1, 0.15) is 48.9 Å². The van der Waals surface area contributed by atoms with Crippen molar-refractivity contribution in [2.75, 3.05) is 39.0 Å². The predicted octanol–water partition coefficient (Wildman–Crippen LogP) is 2.04. The summed E-state index contributed by atoms with van der Waals surface area (Å²) in [5.74, 6) is 0.583. The number of nitrogens with two attached hydrogens (primary N) is 1. The Morgan fingerprint density at radius 1 is 1.31 bits per heavy atom. The molecule has 0 unspecified atom stereocenters. The zero-order chi connectivity index (χ0) is 21.0. The smallest absolute Gasteiger partial charge is 0.255 e. The van der Waals surface area contributed by atoms with Crippen molar-refractivity contribution in [1.82, 2.24) is 10.2 Å². The van der Waals surface area contributed by atoms with Crippen LogP contribution in [-0.4, -0.2) is 66.0 Å². The molecule has 0 radical (unpaired) electrons. The summed E-state index contributed by atoms with van der Waals surface area (Å²) in [7, 11) is 1.50. The molecule has 1 aromatic rings. The minimum Gasteiger partial charge on any atom is -0.496 e. The Morgan fingerprint density at radius 3 is 2.59 bits per heavy atom. The number of aliphatic hydroxyl groups excluding tert-OH is 1. The zero-order valence-electron chi connectivity index (χ0n) is 17.0. The monoisotopic (exact) mass is 425 g/mol. The Balaban J connectivity index is 1.45. The molecular weight excluding hydrogens is 394 g/mol. The van der Waals surface area contributed by atoms with Crippen LogP contribution in [0.15, 0.2) is 12.1 Å². The highest BCUT2D eigenvalue weighted by atomic mass is 35.5. The van der Waals surface area contributed by atoms with Crippen LogP contribution in [0.5, 0.6) is 5.75 Å². The molecule has 0 spiro atoms. The number of nitrogens with zero attached hydrogens (tertiary/aromatic N) is 1. The van der Waals surface area contributed by atoms with Gasteiger partial charge >= 0.3 is 0 Å². The van der Waals surface area contributed by atoms with Crippen molar-refractivity contribution in [3.05, 3.63) is 22.7 Å². The highest BCUT2D eigenvalue weighted by Crippen LogP contribution is 2.31. The number of benzene rings is 1. The van der Waals surface area contributed by atoms with Gasteiger partial charge in [-0.2, -0.15) is 0 Å². The third-order valence-corrected chi connectivity index (χ3v) is 6.55. The molecule has 2 fully saturated rings. The molecule has 1 aromatic carbocycles. The summed E-state index contributed by atoms with van der Waals surface area (Å²) >= 11 is 6.05. The Bertz CT molecular complexity index is 714. The first kappa shape index (κ1) is 22.2. The highest BCUT2D eigenvalue weighted by Gasteiger charge is 2.35. The third kappa shape index (κ3) is 5.75. The summed E-state index contributed by atoms with van der Waals surface area (Å²) in [6.45, 7) is 3.07. The minimum atomic E-state index is -0.675. The van der Waals surface area contributed by atoms with E-state index in [0.29, 0.717) is 66.7 Å². The van der Waals surface area contributed by atoms with Gasteiger partial charge in [-0.15, -0.1) is 0 Å². The average Bonchev–Trinajstić information content (AvgIpc) is 2.71. The Labute approximate surface area is 177 Å². The molecule has 1 saturated carbocycles. The van der Waals surface area contributed by atoms with Crippen molar-refractivity contribution in [1.29, 1.82) is 0 Å². The van der Waals surface area contributed by atoms with E-state index in [0.717, 1.165) is 25.9 Å². The molecule has 1 amide bonds. The number of nitrogen functional groups attached to an aromatic ring is 1. The molecule has 162 valence electrons. The normalized spacial score (nSPS) is 26.3. The molecular formula is C21H32ClN3O4. The molecule has 8 heteroatoms. The van der Waals surface area contributed by atoms with Gasteiger partial charge in [0, 0.05) is 19.2 Å². The summed E-state index contributed by atoms with van der Waals surface area (Å²) < 4.78 is 5.25. The van der Waals surface area contributed by atoms with E-state index in [4.69, 9.17) is 22.1 Å². The maximum absolute atomic E-state index is 12.6. The summed E-state index contributed by atoms with van der Waals surface area (Å²) in [6, 6.07) is 3.10. The number of amides is 1. The quantitative estimate of drug-likeness (QED) is 0.519. The van der Waals surface area contributed by atoms with E-state index in [2.05, 4.69) is 10.2 Å². The topological polar surface area (TPSA) is 108 Å². The number of β-amino-alcohol motifs (C(OH)–C–C–N with tert-alkyl or cyclic N) is 1. The lowest BCUT2D eigenvalue weighted by atomic mass is 9.82. The lowest BCUT2D eigenvalue weighted by molar-refractivity contribution is -0.0572. The second kappa shape index (κ2) is 9.51. The number of anilines is 1. The van der Waals surface area contributed by atoms with Gasteiger partial charge in [-0.25, -0.2) is 0 Å². The third-order valence-electron chi connectivity index (χ3n) is 6.23. The number of likely N-dealkylation sites (tertiary alicyclic amines) is 1. The number of carbonyl (C=O) groups is 1. The van der Waals surface area contributed by atoms with Gasteiger partial charge in [0.1, 0.15) is 5.75 Å². The fourth-order valence-corrected chi connectivity index (χ4v) is 4.47. The van der Waals surface area contributed by atoms with Crippen LogP contribution < -0.4 is 15.8 Å². The van der Waals surface area contributed by atoms with E-state index in [1.807, 2.05) is 0 Å². The summed E-state index contributed by atoms with van der Waals surface area (Å²) in [4.78, 5) is 14.9. The Hall–Kier alpha value is -1.54. The van der Waals surface area contributed by atoms with Crippen LogP contribution in [0, 0.1) is 5.92 Å². The van der Waals surface area contributed by atoms with Crippen molar-refractivity contribution >= 4 is 23.2 Å². The molecule has 1 saturated heterocycles. The first-order valence-electron chi connectivity index (χ1n) is 10.3. The number of methoxy groups -OCH3 is 1. The van der Waals surface area contributed by atoms with Crippen LogP contribution in [0.25, 0.3) is 0 Å². The van der Waals surface area contributed by atoms with Crippen LogP contribution >= 0.6 is 11.6 Å². The van der Waals surface area contributed by atoms with Crippen molar-refractivity contribution in [2.45, 2.75) is 50.2 Å². The zero-order valence-corrected chi connectivity index (χ0v) is 17.7. The van der Waals surface area contributed by atoms with Crippen LogP contribution in [-0.2, 0) is 0 Å². The molecule has 5 N–H and O–H groups in total. The molecule has 7 nitrogen and oxygen atoms in total. The summed E-state index contributed by atoms with van der Waals surface area (Å²) in [5.41, 5.74) is 5.86. The van der Waals surface area contributed by atoms with E-state index in [-0.39, 0.29) is 12.0 Å². The predicted molar refractivity (Wildman–Crippen MR) is 113 cm³/mol. The number of rotatable bonds is 6. The number of hydrogen-bond acceptors (Lipinski definition) is 6. The van der Waals surface area contributed by atoms with Crippen LogP contribution in [0.2, 0.25) is 5.02 Å². The van der Waals surface area contributed by atoms with E-state index in [1.54, 1.807) is 6.07 Å². The lowest BCUT2D eigenvalue weighted by Crippen LogP contribution is -2.49. The van der Waals surface area contributed by atoms with Gasteiger partial charge in [0.15, 0.2) is 0 Å². The number of piperidine rings is 1. The SMILES string of the molecule is COc1cc(N)c(Cl)cc1C(=O)NCC1CCN(CC2(O)CCC(O)CC2)CC1. The molecule has 0 bridgehead atoms. The largest absolute Gasteiger partial charge is 0.496 e. The summed E-state index contributed by atoms with van der Waals surface area (Å²) in [5, 5.41) is 23.7. The molecule has 0 atom stereocenters. The second-order valence-corrected chi connectivity index (χ2v) is 8.87. The van der Waals surface area contributed by atoms with Gasteiger partial charge in [0.25, 0.3) is 5.91 Å². The molecule has 0 aromatic heterocycles. The van der Waals surface area contributed by atoms with Crippen molar-refractivity contribution in [3.63, 3.8) is 0 Å². The Kier molecular flexibility index (Phi) is 7.27. The molecule has 1 aliphatic heterocycles. The highest BCUT2D eigenvalue weighted by molar-refractivity contribution is 6.33. The maximum atomic E-state index is 12.6. The number of ether oxygens (including phenoxy) is 1. The second-order valence-electron chi connectivity index (χ2n) is 8.46. The standard InChI is InChI=1S/C21H32ClN3O4/c1-29-19-11-18(23)17(22)10-16(19)20(27)24-12-14-4-8-25(9-5-14)13-21(28)6-2-15(26)3-7-21/h10-11,14-15,26,28H,2-9,12-13,23H2,1H3,(H,24,27). The lowest BCUT2D eigenvalue weighted by Gasteiger charge is -2.41. The number of nitrogens with one attached hydrogen (secondary N) is 1. The fraction of sp³-hybridized carbons (Fsp3) is 0.667.